The lowest BCUT2D eigenvalue weighted by Gasteiger charge is -2.28. The third kappa shape index (κ3) is 2.56. The van der Waals surface area contributed by atoms with Crippen LogP contribution >= 0.6 is 0 Å². The molecule has 1 saturated carbocycles. The summed E-state index contributed by atoms with van der Waals surface area (Å²) < 4.78 is 11.7. The predicted octanol–water partition coefficient (Wildman–Crippen LogP) is 1.86. The van der Waals surface area contributed by atoms with Gasteiger partial charge in [0.25, 0.3) is 0 Å². The smallest absolute Gasteiger partial charge is 0.103 e. The van der Waals surface area contributed by atoms with Crippen LogP contribution in [0, 0.1) is 11.8 Å². The van der Waals surface area contributed by atoms with Gasteiger partial charge in [0.2, 0.25) is 0 Å². The third-order valence-electron chi connectivity index (χ3n) is 4.52. The first-order chi connectivity index (χ1) is 8.35. The Kier molecular flexibility index (Phi) is 3.50. The van der Waals surface area contributed by atoms with Gasteiger partial charge in [0.05, 0.1) is 12.2 Å². The molecule has 1 aliphatic carbocycles. The van der Waals surface area contributed by atoms with Crippen LogP contribution in [0.2, 0.25) is 0 Å². The molecule has 3 nitrogen and oxygen atoms in total. The number of fused-ring (bicyclic) bond motifs is 2. The summed E-state index contributed by atoms with van der Waals surface area (Å²) in [5, 5.41) is 0. The van der Waals surface area contributed by atoms with Crippen molar-refractivity contribution in [2.75, 3.05) is 13.2 Å². The Bertz CT molecular complexity index is 284. The molecule has 96 valence electrons. The van der Waals surface area contributed by atoms with Gasteiger partial charge in [-0.05, 0) is 44.1 Å². The average Bonchev–Trinajstić information content (AvgIpc) is 2.99. The first-order valence-corrected chi connectivity index (χ1v) is 7.00. The Morgan fingerprint density at radius 3 is 2.47 bits per heavy atom. The van der Waals surface area contributed by atoms with E-state index >= 15 is 0 Å². The highest BCUT2D eigenvalue weighted by Crippen LogP contribution is 2.33. The van der Waals surface area contributed by atoms with E-state index in [1.807, 2.05) is 0 Å². The minimum absolute atomic E-state index is 0.236. The fraction of sp³-hybridized carbons (Fsp3) is 0.857. The van der Waals surface area contributed by atoms with E-state index < -0.39 is 0 Å². The maximum Gasteiger partial charge on any atom is 0.103 e. The van der Waals surface area contributed by atoms with Crippen molar-refractivity contribution in [2.24, 2.45) is 17.6 Å². The summed E-state index contributed by atoms with van der Waals surface area (Å²) in [4.78, 5) is 0. The van der Waals surface area contributed by atoms with Crippen LogP contribution in [0.4, 0.5) is 0 Å². The molecule has 0 amide bonds. The van der Waals surface area contributed by atoms with Crippen LogP contribution in [0.15, 0.2) is 12.2 Å². The fourth-order valence-corrected chi connectivity index (χ4v) is 3.29. The maximum atomic E-state index is 6.04. The summed E-state index contributed by atoms with van der Waals surface area (Å²) in [6.07, 6.45) is 11.4. The molecule has 0 radical (unpaired) electrons. The van der Waals surface area contributed by atoms with Crippen molar-refractivity contribution in [1.82, 2.24) is 0 Å². The van der Waals surface area contributed by atoms with Gasteiger partial charge in [-0.2, -0.15) is 0 Å². The van der Waals surface area contributed by atoms with E-state index in [1.165, 1.54) is 25.7 Å². The van der Waals surface area contributed by atoms with Gasteiger partial charge in [-0.25, -0.2) is 0 Å². The molecular weight excluding hydrogens is 214 g/mol. The number of nitrogens with two attached hydrogens (primary N) is 1. The van der Waals surface area contributed by atoms with Crippen molar-refractivity contribution >= 4 is 0 Å². The molecule has 0 aromatic carbocycles. The highest BCUT2D eigenvalue weighted by atomic mass is 16.6. The van der Waals surface area contributed by atoms with Gasteiger partial charge in [-0.3, -0.25) is 0 Å². The number of ether oxygens (including phenoxy) is 2. The molecule has 17 heavy (non-hydrogen) atoms. The van der Waals surface area contributed by atoms with Crippen molar-refractivity contribution < 1.29 is 9.47 Å². The molecule has 1 saturated heterocycles. The molecule has 2 bridgehead atoms. The van der Waals surface area contributed by atoms with Gasteiger partial charge in [0.1, 0.15) is 6.10 Å². The molecule has 3 atom stereocenters. The summed E-state index contributed by atoms with van der Waals surface area (Å²) in [6, 6.07) is 0. The zero-order valence-corrected chi connectivity index (χ0v) is 10.4. The first kappa shape index (κ1) is 11.7. The van der Waals surface area contributed by atoms with Gasteiger partial charge in [0, 0.05) is 13.0 Å². The van der Waals surface area contributed by atoms with Gasteiger partial charge in [-0.15, -0.1) is 0 Å². The normalized spacial score (nSPS) is 44.4. The maximum absolute atomic E-state index is 6.04. The second kappa shape index (κ2) is 5.09. The SMILES string of the molecule is NCC1CCC(COC2CC3C=CC2O3)CC1. The predicted molar refractivity (Wildman–Crippen MR) is 66.7 cm³/mol. The van der Waals surface area contributed by atoms with Crippen LogP contribution in [0.25, 0.3) is 0 Å². The number of rotatable bonds is 4. The highest BCUT2D eigenvalue weighted by molar-refractivity contribution is 5.11. The fourth-order valence-electron chi connectivity index (χ4n) is 3.29. The molecule has 2 N–H and O–H groups in total. The Labute approximate surface area is 103 Å². The van der Waals surface area contributed by atoms with Crippen LogP contribution in [-0.4, -0.2) is 31.5 Å². The zero-order valence-electron chi connectivity index (χ0n) is 10.4. The standard InChI is InChI=1S/C14H23NO2/c15-8-10-1-3-11(4-2-10)9-16-14-7-12-5-6-13(14)17-12/h5-6,10-14H,1-4,7-9,15H2. The van der Waals surface area contributed by atoms with Crippen molar-refractivity contribution in [1.29, 1.82) is 0 Å². The molecule has 0 aromatic heterocycles. The van der Waals surface area contributed by atoms with E-state index in [0.717, 1.165) is 31.4 Å². The monoisotopic (exact) mass is 237 g/mol. The van der Waals surface area contributed by atoms with E-state index in [1.54, 1.807) is 0 Å². The summed E-state index contributed by atoms with van der Waals surface area (Å²) in [7, 11) is 0. The van der Waals surface area contributed by atoms with Gasteiger partial charge in [0.15, 0.2) is 0 Å². The molecule has 3 unspecified atom stereocenters. The van der Waals surface area contributed by atoms with Crippen molar-refractivity contribution in [2.45, 2.75) is 50.4 Å². The van der Waals surface area contributed by atoms with Crippen molar-refractivity contribution in [3.05, 3.63) is 12.2 Å². The largest absolute Gasteiger partial charge is 0.375 e. The van der Waals surface area contributed by atoms with Crippen LogP contribution in [0.5, 0.6) is 0 Å². The van der Waals surface area contributed by atoms with Crippen LogP contribution in [-0.2, 0) is 9.47 Å². The van der Waals surface area contributed by atoms with Gasteiger partial charge < -0.3 is 15.2 Å². The summed E-state index contributed by atoms with van der Waals surface area (Å²) in [6.45, 7) is 1.78. The van der Waals surface area contributed by atoms with E-state index in [2.05, 4.69) is 12.2 Å². The number of hydrogen-bond donors (Lipinski definition) is 1. The molecule has 2 heterocycles. The lowest BCUT2D eigenvalue weighted by Crippen LogP contribution is -2.28. The Hall–Kier alpha value is -0.380. The minimum Gasteiger partial charge on any atom is -0.375 e. The van der Waals surface area contributed by atoms with Crippen LogP contribution in [0.3, 0.4) is 0 Å². The second-order valence-electron chi connectivity index (χ2n) is 5.75. The zero-order chi connectivity index (χ0) is 11.7. The topological polar surface area (TPSA) is 44.5 Å². The summed E-state index contributed by atoms with van der Waals surface area (Å²) in [5.74, 6) is 1.51. The highest BCUT2D eigenvalue weighted by Gasteiger charge is 2.37. The molecule has 0 spiro atoms. The molecule has 3 heteroatoms. The van der Waals surface area contributed by atoms with Crippen LogP contribution in [0.1, 0.15) is 32.1 Å². The van der Waals surface area contributed by atoms with E-state index in [9.17, 15) is 0 Å². The molecular formula is C14H23NO2. The van der Waals surface area contributed by atoms with E-state index in [-0.39, 0.29) is 6.10 Å². The van der Waals surface area contributed by atoms with Gasteiger partial charge in [-0.1, -0.05) is 12.2 Å². The number of hydrogen-bond acceptors (Lipinski definition) is 3. The lowest BCUT2D eigenvalue weighted by atomic mass is 9.82. The summed E-state index contributed by atoms with van der Waals surface area (Å²) in [5.41, 5.74) is 5.71. The Morgan fingerprint density at radius 1 is 1.12 bits per heavy atom. The second-order valence-corrected chi connectivity index (χ2v) is 5.75. The molecule has 3 aliphatic rings. The molecule has 0 aromatic rings. The average molecular weight is 237 g/mol. The molecule has 3 rings (SSSR count). The van der Waals surface area contributed by atoms with E-state index in [4.69, 9.17) is 15.2 Å². The van der Waals surface area contributed by atoms with Crippen molar-refractivity contribution in [3.8, 4) is 0 Å². The van der Waals surface area contributed by atoms with Crippen molar-refractivity contribution in [3.63, 3.8) is 0 Å². The molecule has 2 fully saturated rings. The van der Waals surface area contributed by atoms with E-state index in [0.29, 0.717) is 12.2 Å². The third-order valence-corrected chi connectivity index (χ3v) is 4.52. The Morgan fingerprint density at radius 2 is 1.88 bits per heavy atom. The van der Waals surface area contributed by atoms with Gasteiger partial charge >= 0.3 is 0 Å². The lowest BCUT2D eigenvalue weighted by molar-refractivity contribution is -0.0104. The molecule has 2 aliphatic heterocycles. The summed E-state index contributed by atoms with van der Waals surface area (Å²) >= 11 is 0. The Balaban J connectivity index is 1.39. The first-order valence-electron chi connectivity index (χ1n) is 7.00. The quantitative estimate of drug-likeness (QED) is 0.759. The van der Waals surface area contributed by atoms with Crippen LogP contribution < -0.4 is 5.73 Å². The minimum atomic E-state index is 0.236.